The highest BCUT2D eigenvalue weighted by atomic mass is 35.5. The van der Waals surface area contributed by atoms with Crippen molar-refractivity contribution < 1.29 is 9.59 Å². The molecule has 0 atom stereocenters. The van der Waals surface area contributed by atoms with Gasteiger partial charge in [-0.15, -0.1) is 0 Å². The molecule has 2 amide bonds. The number of aromatic nitrogens is 1. The van der Waals surface area contributed by atoms with Gasteiger partial charge < -0.3 is 10.6 Å². The van der Waals surface area contributed by atoms with E-state index in [0.717, 1.165) is 19.3 Å². The van der Waals surface area contributed by atoms with Gasteiger partial charge in [-0.25, -0.2) is 0 Å². The van der Waals surface area contributed by atoms with Crippen LogP contribution in [-0.2, 0) is 0 Å². The number of carbonyl (C=O) groups excluding carboxylic acids is 2. The normalized spacial score (nSPS) is 10.4. The van der Waals surface area contributed by atoms with Gasteiger partial charge in [0.15, 0.2) is 0 Å². The maximum absolute atomic E-state index is 12.4. The Balaban J connectivity index is 2.07. The molecule has 0 bridgehead atoms. The van der Waals surface area contributed by atoms with Crippen LogP contribution in [0.25, 0.3) is 0 Å². The Bertz CT molecular complexity index is 745. The molecular weight excluding hydrogens is 361 g/mol. The van der Waals surface area contributed by atoms with Gasteiger partial charge in [-0.2, -0.15) is 0 Å². The lowest BCUT2D eigenvalue weighted by Gasteiger charge is -2.09. The van der Waals surface area contributed by atoms with Crippen LogP contribution in [-0.4, -0.2) is 23.3 Å². The maximum atomic E-state index is 12.4. The lowest BCUT2D eigenvalue weighted by Crippen LogP contribution is -2.25. The van der Waals surface area contributed by atoms with E-state index in [1.807, 2.05) is 0 Å². The molecule has 0 saturated carbocycles. The van der Waals surface area contributed by atoms with Gasteiger partial charge in [-0.05, 0) is 30.7 Å². The standard InChI is InChI=1S/C18H19Cl2N3O2/c1-2-3-4-9-22-17(24)12-8-10-21-15(11-12)18(25)23-16-13(19)6-5-7-14(16)20/h5-8,10-11H,2-4,9H2,1H3,(H,22,24)(H,23,25). The van der Waals surface area contributed by atoms with Crippen LogP contribution in [0.5, 0.6) is 0 Å². The molecule has 0 fully saturated rings. The van der Waals surface area contributed by atoms with Crippen LogP contribution in [0.2, 0.25) is 10.0 Å². The van der Waals surface area contributed by atoms with Gasteiger partial charge in [0.1, 0.15) is 5.69 Å². The van der Waals surface area contributed by atoms with E-state index < -0.39 is 5.91 Å². The Hall–Kier alpha value is -2.11. The second-order valence-corrected chi connectivity index (χ2v) is 6.26. The minimum absolute atomic E-state index is 0.109. The van der Waals surface area contributed by atoms with E-state index in [9.17, 15) is 9.59 Å². The summed E-state index contributed by atoms with van der Waals surface area (Å²) in [5.74, 6) is -0.723. The Morgan fingerprint density at radius 1 is 1.08 bits per heavy atom. The van der Waals surface area contributed by atoms with Crippen molar-refractivity contribution in [2.24, 2.45) is 0 Å². The zero-order valence-corrected chi connectivity index (χ0v) is 15.3. The number of halogens is 2. The van der Waals surface area contributed by atoms with Crippen LogP contribution in [0, 0.1) is 0 Å². The topological polar surface area (TPSA) is 71.1 Å². The van der Waals surface area contributed by atoms with Crippen LogP contribution in [0.4, 0.5) is 5.69 Å². The number of para-hydroxylation sites is 1. The van der Waals surface area contributed by atoms with Crippen molar-refractivity contribution >= 4 is 40.7 Å². The van der Waals surface area contributed by atoms with Gasteiger partial charge >= 0.3 is 0 Å². The fourth-order valence-corrected chi connectivity index (χ4v) is 2.66. The number of rotatable bonds is 7. The monoisotopic (exact) mass is 379 g/mol. The first kappa shape index (κ1) is 19.2. The van der Waals surface area contributed by atoms with Crippen molar-refractivity contribution in [2.75, 3.05) is 11.9 Å². The first-order valence-electron chi connectivity index (χ1n) is 8.02. The zero-order chi connectivity index (χ0) is 18.2. The van der Waals surface area contributed by atoms with Crippen LogP contribution in [0.3, 0.4) is 0 Å². The van der Waals surface area contributed by atoms with Crippen LogP contribution >= 0.6 is 23.2 Å². The van der Waals surface area contributed by atoms with Crippen molar-refractivity contribution in [3.63, 3.8) is 0 Å². The Labute approximate surface area is 156 Å². The molecule has 0 spiro atoms. The molecule has 7 heteroatoms. The zero-order valence-electron chi connectivity index (χ0n) is 13.8. The minimum atomic E-state index is -0.490. The molecule has 25 heavy (non-hydrogen) atoms. The molecule has 2 rings (SSSR count). The third-order valence-corrected chi connectivity index (χ3v) is 4.15. The molecule has 0 saturated heterocycles. The minimum Gasteiger partial charge on any atom is -0.352 e. The SMILES string of the molecule is CCCCCNC(=O)c1ccnc(C(=O)Nc2c(Cl)cccc2Cl)c1. The summed E-state index contributed by atoms with van der Waals surface area (Å²) in [7, 11) is 0. The molecule has 0 unspecified atom stereocenters. The van der Waals surface area contributed by atoms with Gasteiger partial charge in [0.05, 0.1) is 15.7 Å². The van der Waals surface area contributed by atoms with Gasteiger partial charge in [0.2, 0.25) is 0 Å². The van der Waals surface area contributed by atoms with Crippen LogP contribution in [0.1, 0.15) is 47.0 Å². The number of pyridine rings is 1. The molecule has 2 N–H and O–H groups in total. The number of nitrogens with zero attached hydrogens (tertiary/aromatic N) is 1. The molecule has 2 aromatic rings. The molecule has 1 heterocycles. The van der Waals surface area contributed by atoms with E-state index >= 15 is 0 Å². The highest BCUT2D eigenvalue weighted by Crippen LogP contribution is 2.30. The van der Waals surface area contributed by atoms with E-state index in [1.54, 1.807) is 24.3 Å². The van der Waals surface area contributed by atoms with Crippen LogP contribution < -0.4 is 10.6 Å². The molecule has 1 aromatic heterocycles. The summed E-state index contributed by atoms with van der Waals surface area (Å²) >= 11 is 12.1. The van der Waals surface area contributed by atoms with E-state index in [1.165, 1.54) is 12.3 Å². The number of anilines is 1. The lowest BCUT2D eigenvalue weighted by atomic mass is 10.2. The summed E-state index contributed by atoms with van der Waals surface area (Å²) in [6.07, 6.45) is 4.48. The van der Waals surface area contributed by atoms with Crippen molar-refractivity contribution in [3.05, 3.63) is 57.8 Å². The molecule has 0 aliphatic heterocycles. The Morgan fingerprint density at radius 3 is 2.48 bits per heavy atom. The summed E-state index contributed by atoms with van der Waals surface area (Å²) < 4.78 is 0. The second-order valence-electron chi connectivity index (χ2n) is 5.44. The molecule has 0 aliphatic carbocycles. The average Bonchev–Trinajstić information content (AvgIpc) is 2.61. The summed E-state index contributed by atoms with van der Waals surface area (Å²) in [6.45, 7) is 2.70. The first-order valence-corrected chi connectivity index (χ1v) is 8.78. The third-order valence-electron chi connectivity index (χ3n) is 3.52. The highest BCUT2D eigenvalue weighted by molar-refractivity contribution is 6.40. The van der Waals surface area contributed by atoms with Crippen LogP contribution in [0.15, 0.2) is 36.5 Å². The van der Waals surface area contributed by atoms with Crippen molar-refractivity contribution in [1.82, 2.24) is 10.3 Å². The molecular formula is C18H19Cl2N3O2. The number of hydrogen-bond donors (Lipinski definition) is 2. The highest BCUT2D eigenvalue weighted by Gasteiger charge is 2.14. The number of amides is 2. The molecule has 1 aromatic carbocycles. The van der Waals surface area contributed by atoms with E-state index in [0.29, 0.717) is 27.8 Å². The molecule has 0 radical (unpaired) electrons. The predicted octanol–water partition coefficient (Wildman–Crippen LogP) is 4.56. The molecule has 0 aliphatic rings. The second kappa shape index (κ2) is 9.39. The van der Waals surface area contributed by atoms with Gasteiger partial charge in [0.25, 0.3) is 11.8 Å². The van der Waals surface area contributed by atoms with Gasteiger partial charge in [-0.3, -0.25) is 14.6 Å². The lowest BCUT2D eigenvalue weighted by molar-refractivity contribution is 0.0953. The maximum Gasteiger partial charge on any atom is 0.274 e. The Kier molecular flexibility index (Phi) is 7.22. The van der Waals surface area contributed by atoms with E-state index in [2.05, 4.69) is 22.5 Å². The van der Waals surface area contributed by atoms with Crippen molar-refractivity contribution in [3.8, 4) is 0 Å². The fraction of sp³-hybridized carbons (Fsp3) is 0.278. The van der Waals surface area contributed by atoms with E-state index in [4.69, 9.17) is 23.2 Å². The number of benzene rings is 1. The Morgan fingerprint density at radius 2 is 1.80 bits per heavy atom. The predicted molar refractivity (Wildman–Crippen MR) is 101 cm³/mol. The third kappa shape index (κ3) is 5.44. The molecule has 5 nitrogen and oxygen atoms in total. The fourth-order valence-electron chi connectivity index (χ4n) is 2.17. The van der Waals surface area contributed by atoms with Gasteiger partial charge in [-0.1, -0.05) is 49.0 Å². The quantitative estimate of drug-likeness (QED) is 0.692. The number of unbranched alkanes of at least 4 members (excludes halogenated alkanes) is 2. The largest absolute Gasteiger partial charge is 0.352 e. The summed E-state index contributed by atoms with van der Waals surface area (Å²) in [5, 5.41) is 6.10. The smallest absolute Gasteiger partial charge is 0.274 e. The number of carbonyl (C=O) groups is 2. The summed E-state index contributed by atoms with van der Waals surface area (Å²) in [4.78, 5) is 28.5. The van der Waals surface area contributed by atoms with E-state index in [-0.39, 0.29) is 11.6 Å². The first-order chi connectivity index (χ1) is 12.0. The number of nitrogens with one attached hydrogen (secondary N) is 2. The van der Waals surface area contributed by atoms with Crippen molar-refractivity contribution in [2.45, 2.75) is 26.2 Å². The van der Waals surface area contributed by atoms with Crippen molar-refractivity contribution in [1.29, 1.82) is 0 Å². The number of hydrogen-bond acceptors (Lipinski definition) is 3. The summed E-state index contributed by atoms with van der Waals surface area (Å²) in [5.41, 5.74) is 0.797. The average molecular weight is 380 g/mol. The molecule has 132 valence electrons. The van der Waals surface area contributed by atoms with Gasteiger partial charge in [0, 0.05) is 18.3 Å². The summed E-state index contributed by atoms with van der Waals surface area (Å²) in [6, 6.07) is 7.93.